The lowest BCUT2D eigenvalue weighted by molar-refractivity contribution is 0.327. The summed E-state index contributed by atoms with van der Waals surface area (Å²) in [6.07, 6.45) is 0. The number of halogens is 1. The molecule has 108 valence electrons. The molecule has 1 heterocycles. The first-order valence-corrected chi connectivity index (χ1v) is 6.76. The summed E-state index contributed by atoms with van der Waals surface area (Å²) in [5, 5.41) is 2.18. The van der Waals surface area contributed by atoms with E-state index in [1.54, 1.807) is 27.4 Å². The highest BCUT2D eigenvalue weighted by Gasteiger charge is 2.20. The van der Waals surface area contributed by atoms with E-state index in [4.69, 9.17) is 25.8 Å². The number of benzene rings is 2. The Morgan fingerprint density at radius 3 is 2.29 bits per heavy atom. The largest absolute Gasteiger partial charge is 0.493 e. The fraction of sp³-hybridized carbons (Fsp3) is 0.188. The molecule has 0 saturated carbocycles. The van der Waals surface area contributed by atoms with Gasteiger partial charge in [-0.05, 0) is 6.07 Å². The van der Waals surface area contributed by atoms with Crippen molar-refractivity contribution in [3.63, 3.8) is 0 Å². The Hall–Kier alpha value is -2.20. The highest BCUT2D eigenvalue weighted by Crippen LogP contribution is 2.46. The fourth-order valence-corrected chi connectivity index (χ4v) is 2.81. The third-order valence-electron chi connectivity index (χ3n) is 3.41. The summed E-state index contributed by atoms with van der Waals surface area (Å²) in [6, 6.07) is 9.50. The molecule has 0 saturated heterocycles. The Morgan fingerprint density at radius 1 is 0.905 bits per heavy atom. The van der Waals surface area contributed by atoms with E-state index in [1.807, 2.05) is 24.3 Å². The maximum Gasteiger partial charge on any atom is 0.204 e. The van der Waals surface area contributed by atoms with Crippen molar-refractivity contribution in [2.45, 2.75) is 0 Å². The Labute approximate surface area is 127 Å². The quantitative estimate of drug-likeness (QED) is 0.684. The molecule has 0 bridgehead atoms. The third kappa shape index (κ3) is 2.03. The van der Waals surface area contributed by atoms with Gasteiger partial charge in [0.1, 0.15) is 0 Å². The van der Waals surface area contributed by atoms with Gasteiger partial charge in [-0.1, -0.05) is 29.8 Å². The minimum Gasteiger partial charge on any atom is -0.493 e. The molecule has 3 rings (SSSR count). The zero-order valence-corrected chi connectivity index (χ0v) is 12.7. The van der Waals surface area contributed by atoms with Gasteiger partial charge in [0, 0.05) is 11.5 Å². The molecule has 0 unspecified atom stereocenters. The summed E-state index contributed by atoms with van der Waals surface area (Å²) < 4.78 is 16.2. The molecule has 0 spiro atoms. The maximum atomic E-state index is 6.57. The van der Waals surface area contributed by atoms with E-state index in [0.29, 0.717) is 27.8 Å². The molecule has 0 aliphatic carbocycles. The van der Waals surface area contributed by atoms with E-state index >= 15 is 0 Å². The molecule has 21 heavy (non-hydrogen) atoms. The molecule has 4 nitrogen and oxygen atoms in total. The van der Waals surface area contributed by atoms with Gasteiger partial charge in [-0.15, -0.1) is 0 Å². The van der Waals surface area contributed by atoms with Crippen molar-refractivity contribution in [1.29, 1.82) is 0 Å². The molecule has 0 amide bonds. The summed E-state index contributed by atoms with van der Waals surface area (Å²) in [7, 11) is 4.71. The molecule has 5 heteroatoms. The molecule has 3 aromatic rings. The van der Waals surface area contributed by atoms with Gasteiger partial charge in [-0.2, -0.15) is 0 Å². The van der Waals surface area contributed by atoms with Crippen molar-refractivity contribution >= 4 is 33.4 Å². The minimum atomic E-state index is 0.506. The lowest BCUT2D eigenvalue weighted by Gasteiger charge is -2.16. The molecule has 1 aromatic heterocycles. The number of fused-ring (bicyclic) bond motifs is 2. The second-order valence-corrected chi connectivity index (χ2v) is 4.86. The summed E-state index contributed by atoms with van der Waals surface area (Å²) in [5.41, 5.74) is 1.53. The average molecular weight is 304 g/mol. The molecule has 2 aromatic carbocycles. The number of ether oxygens (including phenoxy) is 3. The van der Waals surface area contributed by atoms with Crippen molar-refractivity contribution in [1.82, 2.24) is 4.98 Å². The molecule has 0 N–H and O–H groups in total. The first-order valence-electron chi connectivity index (χ1n) is 6.38. The predicted octanol–water partition coefficient (Wildman–Crippen LogP) is 4.07. The van der Waals surface area contributed by atoms with Crippen LogP contribution in [0.1, 0.15) is 0 Å². The molecule has 0 atom stereocenters. The highest BCUT2D eigenvalue weighted by molar-refractivity contribution is 6.41. The van der Waals surface area contributed by atoms with Crippen LogP contribution in [0.5, 0.6) is 17.2 Å². The van der Waals surface area contributed by atoms with Crippen LogP contribution in [0.4, 0.5) is 0 Å². The molecular weight excluding hydrogens is 290 g/mol. The van der Waals surface area contributed by atoms with Crippen molar-refractivity contribution in [3.05, 3.63) is 35.4 Å². The Morgan fingerprint density at radius 2 is 1.62 bits per heavy atom. The maximum absolute atomic E-state index is 6.57. The number of rotatable bonds is 3. The lowest BCUT2D eigenvalue weighted by Crippen LogP contribution is -1.97. The van der Waals surface area contributed by atoms with Crippen LogP contribution in [-0.4, -0.2) is 26.3 Å². The minimum absolute atomic E-state index is 0.506. The second-order valence-electron chi connectivity index (χ2n) is 4.48. The van der Waals surface area contributed by atoms with Crippen LogP contribution >= 0.6 is 11.6 Å². The van der Waals surface area contributed by atoms with Crippen molar-refractivity contribution in [3.8, 4) is 17.2 Å². The van der Waals surface area contributed by atoms with E-state index < -0.39 is 0 Å². The number of methoxy groups -OCH3 is 3. The van der Waals surface area contributed by atoms with Gasteiger partial charge in [0.2, 0.25) is 5.75 Å². The Bertz CT molecular complexity index is 833. The number of hydrogen-bond donors (Lipinski definition) is 0. The van der Waals surface area contributed by atoms with Crippen LogP contribution in [0.3, 0.4) is 0 Å². The second kappa shape index (κ2) is 5.30. The van der Waals surface area contributed by atoms with E-state index in [9.17, 15) is 0 Å². The monoisotopic (exact) mass is 303 g/mol. The fourth-order valence-electron chi connectivity index (χ4n) is 2.46. The van der Waals surface area contributed by atoms with Crippen molar-refractivity contribution in [2.75, 3.05) is 21.3 Å². The molecular formula is C16H14ClNO3. The summed E-state index contributed by atoms with van der Waals surface area (Å²) in [5.74, 6) is 1.59. The SMILES string of the molecule is COc1cc2nc3ccccc3c(Cl)c2c(OC)c1OC. The van der Waals surface area contributed by atoms with Crippen molar-refractivity contribution in [2.24, 2.45) is 0 Å². The first-order chi connectivity index (χ1) is 10.2. The van der Waals surface area contributed by atoms with E-state index in [2.05, 4.69) is 4.98 Å². The van der Waals surface area contributed by atoms with E-state index in [1.165, 1.54) is 0 Å². The zero-order valence-electron chi connectivity index (χ0n) is 11.9. The van der Waals surface area contributed by atoms with Crippen LogP contribution in [0, 0.1) is 0 Å². The van der Waals surface area contributed by atoms with Crippen LogP contribution in [0.2, 0.25) is 5.02 Å². The third-order valence-corrected chi connectivity index (χ3v) is 3.80. The van der Waals surface area contributed by atoms with Gasteiger partial charge in [-0.3, -0.25) is 0 Å². The number of hydrogen-bond acceptors (Lipinski definition) is 4. The normalized spacial score (nSPS) is 10.9. The van der Waals surface area contributed by atoms with Gasteiger partial charge in [-0.25, -0.2) is 4.98 Å². The molecule has 0 radical (unpaired) electrons. The van der Waals surface area contributed by atoms with Gasteiger partial charge in [0.25, 0.3) is 0 Å². The Balaban J connectivity index is 2.53. The van der Waals surface area contributed by atoms with Crippen LogP contribution < -0.4 is 14.2 Å². The molecule has 0 fully saturated rings. The van der Waals surface area contributed by atoms with Gasteiger partial charge in [0.05, 0.1) is 42.8 Å². The van der Waals surface area contributed by atoms with Crippen LogP contribution in [0.15, 0.2) is 30.3 Å². The zero-order chi connectivity index (χ0) is 15.0. The topological polar surface area (TPSA) is 40.6 Å². The molecule has 0 aliphatic heterocycles. The van der Waals surface area contributed by atoms with Crippen LogP contribution in [-0.2, 0) is 0 Å². The van der Waals surface area contributed by atoms with Gasteiger partial charge >= 0.3 is 0 Å². The summed E-state index contributed by atoms with van der Waals surface area (Å²) in [6.45, 7) is 0. The number of aromatic nitrogens is 1. The van der Waals surface area contributed by atoms with Crippen LogP contribution in [0.25, 0.3) is 21.8 Å². The number of pyridine rings is 1. The van der Waals surface area contributed by atoms with Gasteiger partial charge < -0.3 is 14.2 Å². The first kappa shape index (κ1) is 13.8. The standard InChI is InChI=1S/C16H14ClNO3/c1-19-12-8-11-13(16(21-3)15(12)20-2)14(17)9-6-4-5-7-10(9)18-11/h4-8H,1-3H3. The molecule has 0 aliphatic rings. The average Bonchev–Trinajstić information content (AvgIpc) is 2.53. The van der Waals surface area contributed by atoms with Crippen molar-refractivity contribution < 1.29 is 14.2 Å². The highest BCUT2D eigenvalue weighted by atomic mass is 35.5. The van der Waals surface area contributed by atoms with E-state index in [0.717, 1.165) is 16.3 Å². The van der Waals surface area contributed by atoms with Gasteiger partial charge in [0.15, 0.2) is 11.5 Å². The number of nitrogens with zero attached hydrogens (tertiary/aromatic N) is 1. The van der Waals surface area contributed by atoms with E-state index in [-0.39, 0.29) is 0 Å². The number of para-hydroxylation sites is 1. The predicted molar refractivity (Wildman–Crippen MR) is 83.9 cm³/mol. The summed E-state index contributed by atoms with van der Waals surface area (Å²) in [4.78, 5) is 4.63. The Kier molecular flexibility index (Phi) is 3.47. The summed E-state index contributed by atoms with van der Waals surface area (Å²) >= 11 is 6.57. The lowest BCUT2D eigenvalue weighted by atomic mass is 10.1. The smallest absolute Gasteiger partial charge is 0.204 e.